The van der Waals surface area contributed by atoms with Gasteiger partial charge in [-0.1, -0.05) is 0 Å². The first-order valence-corrected chi connectivity index (χ1v) is 7.09. The molecule has 116 valence electrons. The van der Waals surface area contributed by atoms with Crippen LogP contribution < -0.4 is 5.59 Å². The number of rotatable bonds is 2. The van der Waals surface area contributed by atoms with Gasteiger partial charge in [0.2, 0.25) is 0 Å². The summed E-state index contributed by atoms with van der Waals surface area (Å²) in [5.41, 5.74) is 0.450. The minimum Gasteiger partial charge on any atom is -0.398 e. The standard InChI is InChI=1S/C14H18BN3O4/c1-13(2)14(3,4)22-15(21-13)12-10-7-6-9(18(19)20)8-11(10)17(5)16-12/h6-8H,1-5H3. The van der Waals surface area contributed by atoms with Crippen molar-refractivity contribution < 1.29 is 14.2 Å². The van der Waals surface area contributed by atoms with Crippen molar-refractivity contribution in [2.24, 2.45) is 7.05 Å². The summed E-state index contributed by atoms with van der Waals surface area (Å²) in [6.45, 7) is 7.90. The Labute approximate surface area is 128 Å². The van der Waals surface area contributed by atoms with Crippen molar-refractivity contribution >= 4 is 29.3 Å². The lowest BCUT2D eigenvalue weighted by atomic mass is 9.82. The minimum absolute atomic E-state index is 0.0379. The second-order valence-corrected chi connectivity index (χ2v) is 6.56. The van der Waals surface area contributed by atoms with E-state index in [9.17, 15) is 10.1 Å². The fourth-order valence-corrected chi connectivity index (χ4v) is 2.52. The highest BCUT2D eigenvalue weighted by Crippen LogP contribution is 2.37. The van der Waals surface area contributed by atoms with E-state index in [4.69, 9.17) is 9.31 Å². The molecular formula is C14H18BN3O4. The number of fused-ring (bicyclic) bond motifs is 1. The maximum Gasteiger partial charge on any atom is 0.517 e. The van der Waals surface area contributed by atoms with Gasteiger partial charge in [0.25, 0.3) is 5.69 Å². The first-order valence-electron chi connectivity index (χ1n) is 7.09. The molecule has 0 unspecified atom stereocenters. The molecule has 22 heavy (non-hydrogen) atoms. The molecule has 3 rings (SSSR count). The molecule has 1 saturated heterocycles. The average molecular weight is 303 g/mol. The monoisotopic (exact) mass is 303 g/mol. The SMILES string of the molecule is Cn1nc(B2OC(C)(C)C(C)(C)O2)c2ccc([N+](=O)[O-])cc21. The lowest BCUT2D eigenvalue weighted by Crippen LogP contribution is -2.41. The number of hydrogen-bond acceptors (Lipinski definition) is 5. The van der Waals surface area contributed by atoms with Crippen LogP contribution in [0.4, 0.5) is 5.69 Å². The number of nitro benzene ring substituents is 1. The topological polar surface area (TPSA) is 79.4 Å². The Morgan fingerprint density at radius 2 is 1.82 bits per heavy atom. The van der Waals surface area contributed by atoms with Crippen molar-refractivity contribution in [1.82, 2.24) is 9.78 Å². The molecule has 0 amide bonds. The molecule has 8 heteroatoms. The molecule has 0 atom stereocenters. The molecule has 1 fully saturated rings. The highest BCUT2D eigenvalue weighted by atomic mass is 16.7. The average Bonchev–Trinajstić information content (AvgIpc) is 2.84. The van der Waals surface area contributed by atoms with E-state index < -0.39 is 23.2 Å². The van der Waals surface area contributed by atoms with E-state index in [-0.39, 0.29) is 5.69 Å². The third-order valence-corrected chi connectivity index (χ3v) is 4.55. The summed E-state index contributed by atoms with van der Waals surface area (Å²) in [6.07, 6.45) is 0. The van der Waals surface area contributed by atoms with E-state index in [1.54, 1.807) is 17.8 Å². The lowest BCUT2D eigenvalue weighted by Gasteiger charge is -2.32. The summed E-state index contributed by atoms with van der Waals surface area (Å²) in [5.74, 6) is 0. The molecule has 0 saturated carbocycles. The summed E-state index contributed by atoms with van der Waals surface area (Å²) in [7, 11) is 1.16. The van der Waals surface area contributed by atoms with Crippen molar-refractivity contribution in [3.63, 3.8) is 0 Å². The largest absolute Gasteiger partial charge is 0.517 e. The molecule has 0 bridgehead atoms. The van der Waals surface area contributed by atoms with Crippen LogP contribution in [0.3, 0.4) is 0 Å². The van der Waals surface area contributed by atoms with Crippen LogP contribution in [-0.2, 0) is 16.4 Å². The number of aromatic nitrogens is 2. The molecule has 1 aliphatic heterocycles. The van der Waals surface area contributed by atoms with Gasteiger partial charge in [0.05, 0.1) is 21.6 Å². The van der Waals surface area contributed by atoms with Crippen molar-refractivity contribution in [3.05, 3.63) is 28.3 Å². The Morgan fingerprint density at radius 1 is 1.23 bits per heavy atom. The number of benzene rings is 1. The van der Waals surface area contributed by atoms with Gasteiger partial charge in [-0.05, 0) is 33.8 Å². The molecule has 7 nitrogen and oxygen atoms in total. The first kappa shape index (κ1) is 15.0. The molecule has 1 aromatic heterocycles. The zero-order valence-corrected chi connectivity index (χ0v) is 13.3. The zero-order valence-electron chi connectivity index (χ0n) is 13.3. The summed E-state index contributed by atoms with van der Waals surface area (Å²) < 4.78 is 13.6. The molecule has 0 aliphatic carbocycles. The summed E-state index contributed by atoms with van der Waals surface area (Å²) in [6, 6.07) is 4.68. The Balaban J connectivity index is 2.08. The Hall–Kier alpha value is -1.93. The summed E-state index contributed by atoms with van der Waals surface area (Å²) in [5, 5.41) is 16.2. The third kappa shape index (κ3) is 2.10. The van der Waals surface area contributed by atoms with Crippen molar-refractivity contribution in [2.75, 3.05) is 0 Å². The van der Waals surface area contributed by atoms with Gasteiger partial charge in [0.1, 0.15) is 5.59 Å². The van der Waals surface area contributed by atoms with Crippen LogP contribution in [0.25, 0.3) is 10.9 Å². The second kappa shape index (κ2) is 4.53. The minimum atomic E-state index is -0.588. The van der Waals surface area contributed by atoms with Gasteiger partial charge in [0.15, 0.2) is 0 Å². The second-order valence-electron chi connectivity index (χ2n) is 6.56. The van der Waals surface area contributed by atoms with Gasteiger partial charge in [-0.2, -0.15) is 5.10 Å². The van der Waals surface area contributed by atoms with E-state index >= 15 is 0 Å². The summed E-state index contributed by atoms with van der Waals surface area (Å²) in [4.78, 5) is 10.5. The third-order valence-electron chi connectivity index (χ3n) is 4.55. The molecule has 0 N–H and O–H groups in total. The van der Waals surface area contributed by atoms with Crippen LogP contribution >= 0.6 is 0 Å². The van der Waals surface area contributed by atoms with Crippen LogP contribution in [0.5, 0.6) is 0 Å². The Morgan fingerprint density at radius 3 is 2.36 bits per heavy atom. The van der Waals surface area contributed by atoms with E-state index in [1.807, 2.05) is 27.7 Å². The fraction of sp³-hybridized carbons (Fsp3) is 0.500. The van der Waals surface area contributed by atoms with Gasteiger partial charge in [0, 0.05) is 24.6 Å². The smallest absolute Gasteiger partial charge is 0.398 e. The molecule has 0 radical (unpaired) electrons. The molecule has 1 aromatic carbocycles. The van der Waals surface area contributed by atoms with Crippen molar-refractivity contribution in [1.29, 1.82) is 0 Å². The number of hydrogen-bond donors (Lipinski definition) is 0. The summed E-state index contributed by atoms with van der Waals surface area (Å²) >= 11 is 0. The predicted molar refractivity (Wildman–Crippen MR) is 83.1 cm³/mol. The van der Waals surface area contributed by atoms with Crippen LogP contribution in [0.2, 0.25) is 0 Å². The molecule has 2 aromatic rings. The Kier molecular flexibility index (Phi) is 3.09. The lowest BCUT2D eigenvalue weighted by molar-refractivity contribution is -0.384. The highest BCUT2D eigenvalue weighted by molar-refractivity contribution is 6.64. The quantitative estimate of drug-likeness (QED) is 0.480. The van der Waals surface area contributed by atoms with Crippen LogP contribution in [0.1, 0.15) is 27.7 Å². The van der Waals surface area contributed by atoms with Gasteiger partial charge >= 0.3 is 7.12 Å². The van der Waals surface area contributed by atoms with Crippen LogP contribution in [0, 0.1) is 10.1 Å². The van der Waals surface area contributed by atoms with E-state index in [0.29, 0.717) is 11.1 Å². The fourth-order valence-electron chi connectivity index (χ4n) is 2.52. The maximum atomic E-state index is 10.9. The van der Waals surface area contributed by atoms with Gasteiger partial charge in [-0.15, -0.1) is 0 Å². The van der Waals surface area contributed by atoms with Gasteiger partial charge < -0.3 is 9.31 Å². The Bertz CT molecular complexity index is 753. The highest BCUT2D eigenvalue weighted by Gasteiger charge is 2.53. The molecular weight excluding hydrogens is 285 g/mol. The van der Waals surface area contributed by atoms with E-state index in [1.165, 1.54) is 12.1 Å². The van der Waals surface area contributed by atoms with E-state index in [2.05, 4.69) is 5.10 Å². The molecule has 2 heterocycles. The van der Waals surface area contributed by atoms with Gasteiger partial charge in [-0.25, -0.2) is 0 Å². The normalized spacial score (nSPS) is 19.8. The van der Waals surface area contributed by atoms with Crippen molar-refractivity contribution in [2.45, 2.75) is 38.9 Å². The van der Waals surface area contributed by atoms with E-state index in [0.717, 1.165) is 5.39 Å². The number of nitro groups is 1. The number of nitrogens with zero attached hydrogens (tertiary/aromatic N) is 3. The number of aryl methyl sites for hydroxylation is 1. The predicted octanol–water partition coefficient (Wildman–Crippen LogP) is 1.78. The van der Waals surface area contributed by atoms with Crippen LogP contribution in [0.15, 0.2) is 18.2 Å². The van der Waals surface area contributed by atoms with Crippen LogP contribution in [-0.4, -0.2) is 33.0 Å². The molecule has 0 spiro atoms. The first-order chi connectivity index (χ1) is 10.1. The van der Waals surface area contributed by atoms with Gasteiger partial charge in [-0.3, -0.25) is 14.8 Å². The molecule has 1 aliphatic rings. The van der Waals surface area contributed by atoms with Crippen molar-refractivity contribution in [3.8, 4) is 0 Å². The number of non-ortho nitro benzene ring substituents is 1. The zero-order chi connectivity index (χ0) is 16.3. The maximum absolute atomic E-state index is 10.9.